The van der Waals surface area contributed by atoms with Crippen molar-refractivity contribution in [1.29, 1.82) is 0 Å². The molecule has 2 amide bonds. The molecule has 1 N–H and O–H groups in total. The molecule has 27 heavy (non-hydrogen) atoms. The third kappa shape index (κ3) is 5.55. The molecule has 2 atom stereocenters. The fourth-order valence-electron chi connectivity index (χ4n) is 4.16. The number of halogens is 1. The van der Waals surface area contributed by atoms with Crippen molar-refractivity contribution in [3.05, 3.63) is 34.3 Å². The summed E-state index contributed by atoms with van der Waals surface area (Å²) in [6, 6.07) is 6.99. The minimum Gasteiger partial charge on any atom is -0.354 e. The molecule has 0 saturated carbocycles. The van der Waals surface area contributed by atoms with Gasteiger partial charge in [-0.1, -0.05) is 22.9 Å². The van der Waals surface area contributed by atoms with Crippen LogP contribution in [0.1, 0.15) is 49.4 Å². The molecule has 0 aliphatic carbocycles. The number of carbonyl (C=O) groups excluding carboxylic acids is 2. The van der Waals surface area contributed by atoms with E-state index < -0.39 is 0 Å². The molecule has 148 valence electrons. The first-order chi connectivity index (χ1) is 13.0. The van der Waals surface area contributed by atoms with Crippen LogP contribution in [0.2, 0.25) is 0 Å². The van der Waals surface area contributed by atoms with E-state index in [-0.39, 0.29) is 17.9 Å². The average Bonchev–Trinajstić information content (AvgIpc) is 3.15. The molecule has 0 bridgehead atoms. The molecule has 0 aromatic heterocycles. The lowest BCUT2D eigenvalue weighted by atomic mass is 10.0. The van der Waals surface area contributed by atoms with Crippen LogP contribution in [0.15, 0.2) is 28.7 Å². The molecule has 0 spiro atoms. The second-order valence-corrected chi connectivity index (χ2v) is 8.77. The van der Waals surface area contributed by atoms with E-state index >= 15 is 0 Å². The Morgan fingerprint density at radius 1 is 1.15 bits per heavy atom. The van der Waals surface area contributed by atoms with Gasteiger partial charge >= 0.3 is 0 Å². The molecular formula is C21H30BrN3O2. The Morgan fingerprint density at radius 3 is 2.63 bits per heavy atom. The van der Waals surface area contributed by atoms with E-state index in [2.05, 4.69) is 33.1 Å². The number of hydrogen-bond acceptors (Lipinski definition) is 3. The summed E-state index contributed by atoms with van der Waals surface area (Å²) in [5.74, 6) is 0.720. The molecule has 1 aromatic rings. The third-order valence-corrected chi connectivity index (χ3v) is 6.13. The molecule has 6 heteroatoms. The van der Waals surface area contributed by atoms with Crippen LogP contribution in [-0.2, 0) is 4.79 Å². The number of likely N-dealkylation sites (tertiary alicyclic amines) is 2. The molecule has 2 aliphatic rings. The van der Waals surface area contributed by atoms with Gasteiger partial charge in [0.25, 0.3) is 5.91 Å². The van der Waals surface area contributed by atoms with Gasteiger partial charge in [0.2, 0.25) is 5.91 Å². The van der Waals surface area contributed by atoms with Gasteiger partial charge in [0.15, 0.2) is 0 Å². The molecule has 2 unspecified atom stereocenters. The van der Waals surface area contributed by atoms with E-state index in [0.717, 1.165) is 36.2 Å². The zero-order chi connectivity index (χ0) is 19.2. The summed E-state index contributed by atoms with van der Waals surface area (Å²) in [4.78, 5) is 29.6. The van der Waals surface area contributed by atoms with Crippen molar-refractivity contribution in [1.82, 2.24) is 15.1 Å². The number of piperidine rings is 1. The first-order valence-corrected chi connectivity index (χ1v) is 10.9. The van der Waals surface area contributed by atoms with Gasteiger partial charge < -0.3 is 15.1 Å². The highest BCUT2D eigenvalue weighted by atomic mass is 79.9. The van der Waals surface area contributed by atoms with Crippen LogP contribution in [0, 0.1) is 5.92 Å². The Bertz CT molecular complexity index is 649. The molecule has 2 heterocycles. The van der Waals surface area contributed by atoms with Crippen LogP contribution in [0.4, 0.5) is 0 Å². The number of carbonyl (C=O) groups is 2. The van der Waals surface area contributed by atoms with Gasteiger partial charge in [-0.05, 0) is 75.4 Å². The van der Waals surface area contributed by atoms with Crippen LogP contribution in [0.25, 0.3) is 0 Å². The molecule has 2 saturated heterocycles. The minimum absolute atomic E-state index is 0.00928. The molecule has 0 radical (unpaired) electrons. The van der Waals surface area contributed by atoms with Crippen molar-refractivity contribution in [2.24, 2.45) is 5.92 Å². The maximum absolute atomic E-state index is 12.8. The van der Waals surface area contributed by atoms with Gasteiger partial charge in [-0.3, -0.25) is 9.59 Å². The predicted octanol–water partition coefficient (Wildman–Crippen LogP) is 3.29. The van der Waals surface area contributed by atoms with E-state index in [1.165, 1.54) is 25.9 Å². The second kappa shape index (κ2) is 9.69. The Hall–Kier alpha value is -1.40. The van der Waals surface area contributed by atoms with Gasteiger partial charge in [-0.2, -0.15) is 0 Å². The topological polar surface area (TPSA) is 52.7 Å². The number of hydrogen-bond donors (Lipinski definition) is 1. The largest absolute Gasteiger partial charge is 0.354 e. The van der Waals surface area contributed by atoms with Crippen molar-refractivity contribution < 1.29 is 9.59 Å². The summed E-state index contributed by atoms with van der Waals surface area (Å²) in [7, 11) is 0. The number of nitrogens with zero attached hydrogens (tertiary/aromatic N) is 2. The standard InChI is InChI=1S/C21H30BrN3O2/c1-16-5-2-12-24(15-16)13-4-11-23-20(26)19-6-3-14-25(19)21(27)17-7-9-18(22)10-8-17/h7-10,16,19H,2-6,11-15H2,1H3,(H,23,26). The first kappa shape index (κ1) is 20.3. The van der Waals surface area contributed by atoms with Crippen molar-refractivity contribution >= 4 is 27.7 Å². The smallest absolute Gasteiger partial charge is 0.254 e. The summed E-state index contributed by atoms with van der Waals surface area (Å²) >= 11 is 3.39. The van der Waals surface area contributed by atoms with Crippen molar-refractivity contribution in [3.63, 3.8) is 0 Å². The van der Waals surface area contributed by atoms with Crippen molar-refractivity contribution in [3.8, 4) is 0 Å². The molecular weight excluding hydrogens is 406 g/mol. The maximum atomic E-state index is 12.8. The molecule has 2 aliphatic heterocycles. The lowest BCUT2D eigenvalue weighted by molar-refractivity contribution is -0.124. The van der Waals surface area contributed by atoms with Crippen LogP contribution in [0.3, 0.4) is 0 Å². The van der Waals surface area contributed by atoms with Gasteiger partial charge in [0.1, 0.15) is 6.04 Å². The molecule has 5 nitrogen and oxygen atoms in total. The molecule has 2 fully saturated rings. The van der Waals surface area contributed by atoms with Gasteiger partial charge in [-0.25, -0.2) is 0 Å². The fourth-order valence-corrected chi connectivity index (χ4v) is 4.43. The van der Waals surface area contributed by atoms with Crippen LogP contribution in [-0.4, -0.2) is 60.4 Å². The summed E-state index contributed by atoms with van der Waals surface area (Å²) in [5.41, 5.74) is 0.636. The lowest BCUT2D eigenvalue weighted by Gasteiger charge is -2.30. The monoisotopic (exact) mass is 435 g/mol. The number of amides is 2. The number of nitrogens with one attached hydrogen (secondary N) is 1. The van der Waals surface area contributed by atoms with E-state index in [0.29, 0.717) is 18.7 Å². The zero-order valence-corrected chi connectivity index (χ0v) is 17.7. The Kier molecular flexibility index (Phi) is 7.30. The fraction of sp³-hybridized carbons (Fsp3) is 0.619. The van der Waals surface area contributed by atoms with Crippen molar-refractivity contribution in [2.75, 3.05) is 32.7 Å². The average molecular weight is 436 g/mol. The first-order valence-electron chi connectivity index (χ1n) is 10.1. The number of benzene rings is 1. The summed E-state index contributed by atoms with van der Waals surface area (Å²) in [6.45, 7) is 7.03. The third-order valence-electron chi connectivity index (χ3n) is 5.60. The SMILES string of the molecule is CC1CCCN(CCCNC(=O)C2CCCN2C(=O)c2ccc(Br)cc2)C1. The van der Waals surface area contributed by atoms with Crippen LogP contribution < -0.4 is 5.32 Å². The van der Waals surface area contributed by atoms with E-state index in [1.807, 2.05) is 12.1 Å². The maximum Gasteiger partial charge on any atom is 0.254 e. The summed E-state index contributed by atoms with van der Waals surface area (Å²) in [5, 5.41) is 3.05. The Labute approximate surface area is 170 Å². The normalized spacial score (nSPS) is 23.4. The highest BCUT2D eigenvalue weighted by Gasteiger charge is 2.34. The van der Waals surface area contributed by atoms with E-state index in [4.69, 9.17) is 0 Å². The van der Waals surface area contributed by atoms with E-state index in [1.54, 1.807) is 17.0 Å². The lowest BCUT2D eigenvalue weighted by Crippen LogP contribution is -2.46. The predicted molar refractivity (Wildman–Crippen MR) is 111 cm³/mol. The van der Waals surface area contributed by atoms with Gasteiger partial charge in [0.05, 0.1) is 0 Å². The minimum atomic E-state index is -0.337. The van der Waals surface area contributed by atoms with Crippen LogP contribution >= 0.6 is 15.9 Å². The van der Waals surface area contributed by atoms with Gasteiger partial charge in [-0.15, -0.1) is 0 Å². The van der Waals surface area contributed by atoms with Crippen LogP contribution in [0.5, 0.6) is 0 Å². The summed E-state index contributed by atoms with van der Waals surface area (Å²) in [6.07, 6.45) is 5.20. The van der Waals surface area contributed by atoms with E-state index in [9.17, 15) is 9.59 Å². The Morgan fingerprint density at radius 2 is 1.89 bits per heavy atom. The second-order valence-electron chi connectivity index (χ2n) is 7.86. The molecule has 1 aromatic carbocycles. The highest BCUT2D eigenvalue weighted by molar-refractivity contribution is 9.10. The number of rotatable bonds is 6. The zero-order valence-electron chi connectivity index (χ0n) is 16.1. The van der Waals surface area contributed by atoms with Crippen molar-refractivity contribution in [2.45, 2.75) is 45.1 Å². The summed E-state index contributed by atoms with van der Waals surface area (Å²) < 4.78 is 0.942. The molecule has 3 rings (SSSR count). The quantitative estimate of drug-likeness (QED) is 0.697. The highest BCUT2D eigenvalue weighted by Crippen LogP contribution is 2.21. The Balaban J connectivity index is 1.45. The van der Waals surface area contributed by atoms with Gasteiger partial charge in [0, 0.05) is 29.7 Å².